The molecule has 5 nitrogen and oxygen atoms in total. The molecule has 0 atom stereocenters. The summed E-state index contributed by atoms with van der Waals surface area (Å²) in [5.41, 5.74) is 2.62. The van der Waals surface area contributed by atoms with Crippen molar-refractivity contribution in [2.45, 2.75) is 39.9 Å². The highest BCUT2D eigenvalue weighted by molar-refractivity contribution is 9.10. The van der Waals surface area contributed by atoms with Gasteiger partial charge in [-0.1, -0.05) is 28.1 Å². The van der Waals surface area contributed by atoms with E-state index in [1.807, 2.05) is 52.0 Å². The number of halogens is 1. The highest BCUT2D eigenvalue weighted by Gasteiger charge is 2.17. The lowest BCUT2D eigenvalue weighted by atomic mass is 10.1. The molecule has 140 valence electrons. The largest absolute Gasteiger partial charge is 0.487 e. The number of hydrogen-bond acceptors (Lipinski definition) is 5. The number of carbonyl (C=O) groups excluding carboxylic acids is 1. The van der Waals surface area contributed by atoms with Gasteiger partial charge < -0.3 is 9.47 Å². The molecule has 6 heteroatoms. The van der Waals surface area contributed by atoms with Crippen molar-refractivity contribution in [3.8, 4) is 5.75 Å². The summed E-state index contributed by atoms with van der Waals surface area (Å²) in [6.45, 7) is 7.85. The number of aromatic nitrogens is 2. The summed E-state index contributed by atoms with van der Waals surface area (Å²) in [5, 5.41) is 0.946. The van der Waals surface area contributed by atoms with E-state index in [9.17, 15) is 4.79 Å². The molecular weight excluding hydrogens is 408 g/mol. The van der Waals surface area contributed by atoms with Crippen molar-refractivity contribution in [1.29, 1.82) is 0 Å². The van der Waals surface area contributed by atoms with Gasteiger partial charge in [0.05, 0.1) is 5.56 Å². The molecule has 0 N–H and O–H groups in total. The summed E-state index contributed by atoms with van der Waals surface area (Å²) in [7, 11) is 0. The first-order chi connectivity index (χ1) is 12.7. The van der Waals surface area contributed by atoms with Crippen molar-refractivity contribution >= 4 is 32.8 Å². The summed E-state index contributed by atoms with van der Waals surface area (Å²) in [4.78, 5) is 20.7. The zero-order valence-electron chi connectivity index (χ0n) is 15.7. The zero-order chi connectivity index (χ0) is 19.6. The van der Waals surface area contributed by atoms with Gasteiger partial charge in [0.1, 0.15) is 29.8 Å². The van der Waals surface area contributed by atoms with Crippen molar-refractivity contribution in [2.75, 3.05) is 0 Å². The predicted molar refractivity (Wildman–Crippen MR) is 108 cm³/mol. The Morgan fingerprint density at radius 2 is 1.81 bits per heavy atom. The molecule has 3 aromatic rings. The Morgan fingerprint density at radius 3 is 2.48 bits per heavy atom. The molecule has 1 heterocycles. The van der Waals surface area contributed by atoms with Gasteiger partial charge in [-0.05, 0) is 57.5 Å². The molecule has 3 rings (SSSR count). The molecule has 0 unspecified atom stereocenters. The van der Waals surface area contributed by atoms with Crippen LogP contribution in [0.4, 0.5) is 0 Å². The van der Waals surface area contributed by atoms with Crippen LogP contribution in [-0.2, 0) is 11.3 Å². The molecule has 1 aromatic heterocycles. The number of fused-ring (bicyclic) bond motifs is 1. The number of rotatable bonds is 4. The molecule has 0 spiro atoms. The van der Waals surface area contributed by atoms with Crippen molar-refractivity contribution in [3.63, 3.8) is 0 Å². The van der Waals surface area contributed by atoms with E-state index in [2.05, 4.69) is 25.9 Å². The second-order valence-electron chi connectivity index (χ2n) is 7.25. The third kappa shape index (κ3) is 4.83. The predicted octanol–water partition coefficient (Wildman–Crippen LogP) is 5.24. The van der Waals surface area contributed by atoms with Crippen LogP contribution >= 0.6 is 15.9 Å². The maximum atomic E-state index is 12.1. The molecule has 0 aliphatic carbocycles. The van der Waals surface area contributed by atoms with E-state index < -0.39 is 5.60 Å². The Kier molecular flexibility index (Phi) is 5.46. The topological polar surface area (TPSA) is 61.3 Å². The maximum Gasteiger partial charge on any atom is 0.338 e. The number of benzene rings is 2. The van der Waals surface area contributed by atoms with Crippen molar-refractivity contribution in [1.82, 2.24) is 9.97 Å². The smallest absolute Gasteiger partial charge is 0.338 e. The van der Waals surface area contributed by atoms with E-state index in [1.54, 1.807) is 12.1 Å². The van der Waals surface area contributed by atoms with Crippen LogP contribution in [0.3, 0.4) is 0 Å². The highest BCUT2D eigenvalue weighted by Crippen LogP contribution is 2.30. The van der Waals surface area contributed by atoms with Gasteiger partial charge in [0, 0.05) is 15.6 Å². The van der Waals surface area contributed by atoms with Gasteiger partial charge in [0.15, 0.2) is 0 Å². The van der Waals surface area contributed by atoms with Crippen LogP contribution in [0.2, 0.25) is 0 Å². The lowest BCUT2D eigenvalue weighted by molar-refractivity contribution is 0.00695. The molecular formula is C21H21BrN2O3. The van der Waals surface area contributed by atoms with Gasteiger partial charge in [-0.15, -0.1) is 0 Å². The van der Waals surface area contributed by atoms with E-state index >= 15 is 0 Å². The molecule has 2 aromatic carbocycles. The molecule has 0 aliphatic heterocycles. The lowest BCUT2D eigenvalue weighted by Crippen LogP contribution is -2.23. The fraction of sp³-hybridized carbons (Fsp3) is 0.286. The third-order valence-electron chi connectivity index (χ3n) is 3.85. The van der Waals surface area contributed by atoms with Gasteiger partial charge in [0.25, 0.3) is 0 Å². The Morgan fingerprint density at radius 1 is 1.11 bits per heavy atom. The van der Waals surface area contributed by atoms with E-state index in [0.29, 0.717) is 17.9 Å². The van der Waals surface area contributed by atoms with Crippen LogP contribution in [0.1, 0.15) is 42.4 Å². The van der Waals surface area contributed by atoms with Crippen LogP contribution in [0.5, 0.6) is 5.75 Å². The van der Waals surface area contributed by atoms with Crippen LogP contribution in [0.15, 0.2) is 47.2 Å². The third-order valence-corrected chi connectivity index (χ3v) is 4.31. The number of nitrogens with zero attached hydrogens (tertiary/aromatic N) is 2. The van der Waals surface area contributed by atoms with E-state index in [-0.39, 0.29) is 5.97 Å². The Bertz CT molecular complexity index is 979. The fourth-order valence-electron chi connectivity index (χ4n) is 2.57. The average Bonchev–Trinajstić information content (AvgIpc) is 2.59. The molecule has 0 saturated carbocycles. The Labute approximate surface area is 166 Å². The first-order valence-corrected chi connectivity index (χ1v) is 9.38. The normalized spacial score (nSPS) is 11.4. The molecule has 0 radical (unpaired) electrons. The number of carbonyl (C=O) groups is 1. The van der Waals surface area contributed by atoms with E-state index in [0.717, 1.165) is 26.6 Å². The minimum atomic E-state index is -0.513. The first-order valence-electron chi connectivity index (χ1n) is 8.59. The summed E-state index contributed by atoms with van der Waals surface area (Å²) in [5.74, 6) is 0.348. The van der Waals surface area contributed by atoms with Crippen molar-refractivity contribution < 1.29 is 14.3 Å². The monoisotopic (exact) mass is 428 g/mol. The standard InChI is InChI=1S/C21H21BrN2O3/c1-13-17-9-16(22)10-18(19(17)24-12-23-13)26-11-14-5-7-15(8-6-14)20(25)27-21(2,3)4/h5-10,12H,11H2,1-4H3. The fourth-order valence-corrected chi connectivity index (χ4v) is 3.01. The van der Waals surface area contributed by atoms with Crippen LogP contribution < -0.4 is 4.74 Å². The maximum absolute atomic E-state index is 12.1. The second kappa shape index (κ2) is 7.64. The quantitative estimate of drug-likeness (QED) is 0.532. The Hall–Kier alpha value is -2.47. The molecule has 0 fully saturated rings. The van der Waals surface area contributed by atoms with Gasteiger partial charge in [-0.25, -0.2) is 14.8 Å². The van der Waals surface area contributed by atoms with Gasteiger partial charge in [0.2, 0.25) is 0 Å². The number of aryl methyl sites for hydroxylation is 1. The highest BCUT2D eigenvalue weighted by atomic mass is 79.9. The zero-order valence-corrected chi connectivity index (χ0v) is 17.3. The van der Waals surface area contributed by atoms with Gasteiger partial charge >= 0.3 is 5.97 Å². The van der Waals surface area contributed by atoms with Crippen molar-refractivity contribution in [2.24, 2.45) is 0 Å². The number of ether oxygens (including phenoxy) is 2. The summed E-state index contributed by atoms with van der Waals surface area (Å²) >= 11 is 3.51. The second-order valence-corrected chi connectivity index (χ2v) is 8.16. The summed E-state index contributed by atoms with van der Waals surface area (Å²) in [6, 6.07) is 11.1. The molecule has 0 amide bonds. The Balaban J connectivity index is 1.75. The summed E-state index contributed by atoms with van der Waals surface area (Å²) in [6.07, 6.45) is 1.54. The van der Waals surface area contributed by atoms with Crippen LogP contribution in [-0.4, -0.2) is 21.5 Å². The summed E-state index contributed by atoms with van der Waals surface area (Å²) < 4.78 is 12.3. The molecule has 27 heavy (non-hydrogen) atoms. The minimum Gasteiger partial charge on any atom is -0.487 e. The van der Waals surface area contributed by atoms with E-state index in [1.165, 1.54) is 6.33 Å². The molecule has 0 aliphatic rings. The van der Waals surface area contributed by atoms with E-state index in [4.69, 9.17) is 9.47 Å². The van der Waals surface area contributed by atoms with Crippen LogP contribution in [0.25, 0.3) is 10.9 Å². The molecule has 0 bridgehead atoms. The lowest BCUT2D eigenvalue weighted by Gasteiger charge is -2.19. The van der Waals surface area contributed by atoms with Gasteiger partial charge in [-0.3, -0.25) is 0 Å². The first kappa shape index (κ1) is 19.3. The van der Waals surface area contributed by atoms with Gasteiger partial charge in [-0.2, -0.15) is 0 Å². The number of esters is 1. The molecule has 0 saturated heterocycles. The minimum absolute atomic E-state index is 0.333. The average molecular weight is 429 g/mol. The number of hydrogen-bond donors (Lipinski definition) is 0. The SMILES string of the molecule is Cc1ncnc2c(OCc3ccc(C(=O)OC(C)(C)C)cc3)cc(Br)cc12. The van der Waals surface area contributed by atoms with Crippen molar-refractivity contribution in [3.05, 3.63) is 64.0 Å². The van der Waals surface area contributed by atoms with Crippen LogP contribution in [0, 0.1) is 6.92 Å².